The number of hydrogen-bond acceptors (Lipinski definition) is 5. The maximum atomic E-state index is 13.4. The number of hydrogen-bond donors (Lipinski definition) is 1. The highest BCUT2D eigenvalue weighted by atomic mass is 19.1. The Morgan fingerprint density at radius 1 is 1.25 bits per heavy atom. The van der Waals surface area contributed by atoms with Gasteiger partial charge in [0.2, 0.25) is 0 Å². The monoisotopic (exact) mass is 395 g/mol. The number of rotatable bonds is 12. The van der Waals surface area contributed by atoms with E-state index in [1.807, 2.05) is 13.8 Å². The van der Waals surface area contributed by atoms with Crippen LogP contribution in [0.15, 0.2) is 29.3 Å². The van der Waals surface area contributed by atoms with Crippen LogP contribution in [-0.4, -0.2) is 62.3 Å². The molecular weight excluding hydrogens is 361 g/mol. The standard InChI is InChI=1S/C21H34FN3O3/c1-5-25(6-2)13-9-10-17(4)23-21(28-15-14-27-7-3)24-20(26)18-11-8-12-19(22)16-18/h8,11-12,16-17H,5-7,9-10,13-15H2,1-4H3,(H,23,24,26)/t17-/m1/s1. The molecule has 0 aromatic heterocycles. The number of benzene rings is 1. The molecule has 1 rings (SSSR count). The molecule has 0 aliphatic carbocycles. The molecule has 0 saturated carbocycles. The Hall–Kier alpha value is -1.99. The largest absolute Gasteiger partial charge is 0.463 e. The number of ether oxygens (including phenoxy) is 2. The Balaban J connectivity index is 2.68. The molecule has 1 amide bonds. The van der Waals surface area contributed by atoms with Crippen molar-refractivity contribution in [3.63, 3.8) is 0 Å². The predicted octanol–water partition coefficient (Wildman–Crippen LogP) is 3.48. The molecule has 0 fully saturated rings. The van der Waals surface area contributed by atoms with Crippen LogP contribution < -0.4 is 5.32 Å². The number of halogens is 1. The van der Waals surface area contributed by atoms with Crippen molar-refractivity contribution in [1.82, 2.24) is 10.2 Å². The van der Waals surface area contributed by atoms with Crippen molar-refractivity contribution < 1.29 is 18.7 Å². The Morgan fingerprint density at radius 2 is 2.00 bits per heavy atom. The van der Waals surface area contributed by atoms with Crippen LogP contribution in [0.25, 0.3) is 0 Å². The second kappa shape index (κ2) is 14.1. The van der Waals surface area contributed by atoms with Crippen molar-refractivity contribution in [3.8, 4) is 0 Å². The van der Waals surface area contributed by atoms with E-state index in [4.69, 9.17) is 9.47 Å². The Kier molecular flexibility index (Phi) is 12.1. The molecule has 0 bridgehead atoms. The van der Waals surface area contributed by atoms with Gasteiger partial charge in [0, 0.05) is 12.2 Å². The number of amides is 1. The Labute approximate surface area is 168 Å². The summed E-state index contributed by atoms with van der Waals surface area (Å²) in [4.78, 5) is 19.3. The molecule has 158 valence electrons. The van der Waals surface area contributed by atoms with E-state index in [1.54, 1.807) is 6.07 Å². The molecule has 0 saturated heterocycles. The minimum Gasteiger partial charge on any atom is -0.463 e. The average molecular weight is 396 g/mol. The van der Waals surface area contributed by atoms with Gasteiger partial charge < -0.3 is 14.4 Å². The van der Waals surface area contributed by atoms with E-state index in [9.17, 15) is 9.18 Å². The summed E-state index contributed by atoms with van der Waals surface area (Å²) in [7, 11) is 0. The molecule has 7 heteroatoms. The normalized spacial score (nSPS) is 12.9. The zero-order chi connectivity index (χ0) is 20.8. The molecule has 0 radical (unpaired) electrons. The van der Waals surface area contributed by atoms with Gasteiger partial charge in [-0.1, -0.05) is 19.9 Å². The summed E-state index contributed by atoms with van der Waals surface area (Å²) in [5.41, 5.74) is 0.218. The molecule has 1 atom stereocenters. The first-order valence-corrected chi connectivity index (χ1v) is 10.1. The third-order valence-electron chi connectivity index (χ3n) is 4.31. The molecule has 28 heavy (non-hydrogen) atoms. The molecule has 1 aromatic rings. The molecule has 0 spiro atoms. The van der Waals surface area contributed by atoms with Gasteiger partial charge in [-0.25, -0.2) is 9.38 Å². The van der Waals surface area contributed by atoms with Gasteiger partial charge >= 0.3 is 0 Å². The smallest absolute Gasteiger partial charge is 0.292 e. The summed E-state index contributed by atoms with van der Waals surface area (Å²) in [5.74, 6) is -0.918. The fourth-order valence-electron chi connectivity index (χ4n) is 2.66. The molecule has 0 heterocycles. The van der Waals surface area contributed by atoms with Gasteiger partial charge in [-0.05, 0) is 64.5 Å². The summed E-state index contributed by atoms with van der Waals surface area (Å²) in [6, 6.07) is 5.65. The first-order chi connectivity index (χ1) is 13.5. The number of nitrogens with zero attached hydrogens (tertiary/aromatic N) is 2. The molecule has 1 aromatic carbocycles. The number of carbonyl (C=O) groups excluding carboxylic acids is 1. The van der Waals surface area contributed by atoms with Gasteiger partial charge in [0.1, 0.15) is 12.4 Å². The zero-order valence-electron chi connectivity index (χ0n) is 17.5. The quantitative estimate of drug-likeness (QED) is 0.334. The van der Waals surface area contributed by atoms with Crippen LogP contribution in [0.5, 0.6) is 0 Å². The van der Waals surface area contributed by atoms with Crippen molar-refractivity contribution >= 4 is 11.9 Å². The van der Waals surface area contributed by atoms with Gasteiger partial charge in [0.15, 0.2) is 0 Å². The Bertz CT molecular complexity index is 606. The van der Waals surface area contributed by atoms with Crippen LogP contribution in [0.2, 0.25) is 0 Å². The van der Waals surface area contributed by atoms with Crippen LogP contribution in [0.3, 0.4) is 0 Å². The zero-order valence-corrected chi connectivity index (χ0v) is 17.5. The second-order valence-corrected chi connectivity index (χ2v) is 6.46. The predicted molar refractivity (Wildman–Crippen MR) is 110 cm³/mol. The van der Waals surface area contributed by atoms with Crippen molar-refractivity contribution in [2.45, 2.75) is 46.6 Å². The van der Waals surface area contributed by atoms with Gasteiger partial charge in [-0.3, -0.25) is 10.1 Å². The number of amidine groups is 1. The van der Waals surface area contributed by atoms with Crippen molar-refractivity contribution in [3.05, 3.63) is 35.6 Å². The van der Waals surface area contributed by atoms with Crippen molar-refractivity contribution in [2.24, 2.45) is 4.99 Å². The lowest BCUT2D eigenvalue weighted by Crippen LogP contribution is -2.34. The third kappa shape index (κ3) is 9.80. The van der Waals surface area contributed by atoms with Crippen LogP contribution in [0, 0.1) is 5.82 Å². The van der Waals surface area contributed by atoms with E-state index in [2.05, 4.69) is 29.1 Å². The Morgan fingerprint density at radius 3 is 2.64 bits per heavy atom. The minimum absolute atomic E-state index is 0.00883. The van der Waals surface area contributed by atoms with Crippen LogP contribution >= 0.6 is 0 Å². The highest BCUT2D eigenvalue weighted by Gasteiger charge is 2.13. The molecule has 6 nitrogen and oxygen atoms in total. The summed E-state index contributed by atoms with van der Waals surface area (Å²) in [6.45, 7) is 12.5. The van der Waals surface area contributed by atoms with Gasteiger partial charge in [-0.15, -0.1) is 0 Å². The fraction of sp³-hybridized carbons (Fsp3) is 0.619. The first kappa shape index (κ1) is 24.0. The topological polar surface area (TPSA) is 63.2 Å². The molecular formula is C21H34FN3O3. The lowest BCUT2D eigenvalue weighted by molar-refractivity contribution is 0.0920. The maximum Gasteiger partial charge on any atom is 0.292 e. The van der Waals surface area contributed by atoms with E-state index in [0.717, 1.165) is 32.5 Å². The number of nitrogens with one attached hydrogen (secondary N) is 1. The van der Waals surface area contributed by atoms with E-state index in [-0.39, 0.29) is 24.2 Å². The van der Waals surface area contributed by atoms with Crippen LogP contribution in [0.4, 0.5) is 4.39 Å². The highest BCUT2D eigenvalue weighted by Crippen LogP contribution is 2.06. The van der Waals surface area contributed by atoms with Gasteiger partial charge in [0.05, 0.1) is 12.6 Å². The second-order valence-electron chi connectivity index (χ2n) is 6.46. The molecule has 0 aliphatic rings. The van der Waals surface area contributed by atoms with Crippen molar-refractivity contribution in [2.75, 3.05) is 39.5 Å². The molecule has 0 aliphatic heterocycles. The average Bonchev–Trinajstić information content (AvgIpc) is 2.68. The summed E-state index contributed by atoms with van der Waals surface area (Å²) >= 11 is 0. The summed E-state index contributed by atoms with van der Waals surface area (Å²) in [6.07, 6.45) is 1.89. The lowest BCUT2D eigenvalue weighted by Gasteiger charge is -2.18. The number of aliphatic imine (C=N–C) groups is 1. The van der Waals surface area contributed by atoms with Crippen LogP contribution in [0.1, 0.15) is 50.9 Å². The summed E-state index contributed by atoms with van der Waals surface area (Å²) < 4.78 is 24.2. The van der Waals surface area contributed by atoms with Crippen molar-refractivity contribution in [1.29, 1.82) is 0 Å². The van der Waals surface area contributed by atoms with Gasteiger partial charge in [0.25, 0.3) is 11.9 Å². The molecule has 1 N–H and O–H groups in total. The van der Waals surface area contributed by atoms with Gasteiger partial charge in [-0.2, -0.15) is 0 Å². The van der Waals surface area contributed by atoms with Crippen LogP contribution in [-0.2, 0) is 9.47 Å². The van der Waals surface area contributed by atoms with E-state index >= 15 is 0 Å². The van der Waals surface area contributed by atoms with E-state index < -0.39 is 11.7 Å². The fourth-order valence-corrected chi connectivity index (χ4v) is 2.66. The minimum atomic E-state index is -0.465. The highest BCUT2D eigenvalue weighted by molar-refractivity contribution is 6.04. The number of carbonyl (C=O) groups is 1. The van der Waals surface area contributed by atoms with E-state index in [1.165, 1.54) is 18.2 Å². The lowest BCUT2D eigenvalue weighted by atomic mass is 10.2. The first-order valence-electron chi connectivity index (χ1n) is 10.1. The molecule has 0 unspecified atom stereocenters. The summed E-state index contributed by atoms with van der Waals surface area (Å²) in [5, 5.41) is 2.65. The van der Waals surface area contributed by atoms with E-state index in [0.29, 0.717) is 13.2 Å². The third-order valence-corrected chi connectivity index (χ3v) is 4.31. The maximum absolute atomic E-state index is 13.4. The SMILES string of the molecule is CCOCCOC(=N[C@H](C)CCCN(CC)CC)NC(=O)c1cccc(F)c1.